The predicted octanol–water partition coefficient (Wildman–Crippen LogP) is 4.28. The molecule has 0 bridgehead atoms. The van der Waals surface area contributed by atoms with Gasteiger partial charge < -0.3 is 4.42 Å². The van der Waals surface area contributed by atoms with E-state index < -0.39 is 0 Å². The predicted molar refractivity (Wildman–Crippen MR) is 122 cm³/mol. The van der Waals surface area contributed by atoms with Crippen molar-refractivity contribution in [3.63, 3.8) is 0 Å². The van der Waals surface area contributed by atoms with E-state index in [1.54, 1.807) is 7.05 Å². The zero-order chi connectivity index (χ0) is 21.8. The van der Waals surface area contributed by atoms with E-state index in [2.05, 4.69) is 53.3 Å². The number of benzene rings is 1. The molecule has 0 fully saturated rings. The van der Waals surface area contributed by atoms with Crippen LogP contribution in [0.4, 0.5) is 0 Å². The van der Waals surface area contributed by atoms with E-state index in [4.69, 9.17) is 4.42 Å². The fourth-order valence-electron chi connectivity index (χ4n) is 3.37. The van der Waals surface area contributed by atoms with Crippen LogP contribution in [0.2, 0.25) is 0 Å². The van der Waals surface area contributed by atoms with Crippen LogP contribution in [0.5, 0.6) is 0 Å². The lowest BCUT2D eigenvalue weighted by atomic mass is 9.87. The number of hydrogen-bond donors (Lipinski definition) is 0. The molecule has 4 aromatic heterocycles. The van der Waals surface area contributed by atoms with Crippen LogP contribution in [0.3, 0.4) is 0 Å². The van der Waals surface area contributed by atoms with Gasteiger partial charge in [-0.1, -0.05) is 44.7 Å². The summed E-state index contributed by atoms with van der Waals surface area (Å²) in [5.41, 5.74) is 2.97. The number of nitrogens with zero attached hydrogens (tertiary/aromatic N) is 6. The third kappa shape index (κ3) is 3.45. The van der Waals surface area contributed by atoms with Crippen molar-refractivity contribution < 1.29 is 4.42 Å². The lowest BCUT2D eigenvalue weighted by Crippen LogP contribution is -2.19. The zero-order valence-corrected chi connectivity index (χ0v) is 19.1. The van der Waals surface area contributed by atoms with Crippen LogP contribution < -0.4 is 5.56 Å². The molecule has 0 atom stereocenters. The van der Waals surface area contributed by atoms with E-state index in [1.807, 2.05) is 28.0 Å². The van der Waals surface area contributed by atoms with Crippen LogP contribution in [0, 0.1) is 0 Å². The second-order valence-electron chi connectivity index (χ2n) is 8.24. The van der Waals surface area contributed by atoms with E-state index >= 15 is 0 Å². The summed E-state index contributed by atoms with van der Waals surface area (Å²) in [6, 6.07) is 10.1. The molecule has 0 aliphatic carbocycles. The quantitative estimate of drug-likeness (QED) is 0.376. The summed E-state index contributed by atoms with van der Waals surface area (Å²) in [7, 11) is 1.71. The fourth-order valence-corrected chi connectivity index (χ4v) is 4.90. The van der Waals surface area contributed by atoms with Crippen LogP contribution in [-0.2, 0) is 18.2 Å². The molecule has 0 saturated carbocycles. The first-order chi connectivity index (χ1) is 14.8. The van der Waals surface area contributed by atoms with Gasteiger partial charge in [0.1, 0.15) is 10.5 Å². The number of hydrogen-bond acceptors (Lipinski definition) is 8. The van der Waals surface area contributed by atoms with Crippen LogP contribution in [0.1, 0.15) is 32.2 Å². The summed E-state index contributed by atoms with van der Waals surface area (Å²) < 4.78 is 9.96. The molecule has 8 nitrogen and oxygen atoms in total. The van der Waals surface area contributed by atoms with E-state index in [0.717, 1.165) is 11.1 Å². The molecule has 0 N–H and O–H groups in total. The Balaban J connectivity index is 1.40. The highest BCUT2D eigenvalue weighted by atomic mass is 32.2. The second-order valence-corrected chi connectivity index (χ2v) is 10.1. The highest BCUT2D eigenvalue weighted by Gasteiger charge is 2.18. The summed E-state index contributed by atoms with van der Waals surface area (Å²) in [5, 5.41) is 19.2. The Morgan fingerprint density at radius 3 is 2.58 bits per heavy atom. The van der Waals surface area contributed by atoms with Crippen LogP contribution in [-0.4, -0.2) is 29.4 Å². The van der Waals surface area contributed by atoms with Gasteiger partial charge in [0.05, 0.1) is 11.3 Å². The van der Waals surface area contributed by atoms with Crippen molar-refractivity contribution in [2.24, 2.45) is 7.05 Å². The van der Waals surface area contributed by atoms with Crippen molar-refractivity contribution in [2.45, 2.75) is 37.2 Å². The number of fused-ring (bicyclic) bond motifs is 3. The third-order valence-electron chi connectivity index (χ3n) is 5.13. The van der Waals surface area contributed by atoms with Gasteiger partial charge in [-0.25, -0.2) is 0 Å². The van der Waals surface area contributed by atoms with Gasteiger partial charge in [0.2, 0.25) is 11.7 Å². The smallest absolute Gasteiger partial charge is 0.277 e. The van der Waals surface area contributed by atoms with Gasteiger partial charge >= 0.3 is 0 Å². The van der Waals surface area contributed by atoms with Crippen LogP contribution in [0.15, 0.2) is 50.1 Å². The number of rotatable bonds is 4. The largest absolute Gasteiger partial charge is 0.411 e. The molecular weight excluding hydrogens is 432 g/mol. The summed E-state index contributed by atoms with van der Waals surface area (Å²) in [4.78, 5) is 12.5. The topological polar surface area (TPSA) is 91.1 Å². The molecule has 0 unspecified atom stereocenters. The van der Waals surface area contributed by atoms with Gasteiger partial charge in [-0.15, -0.1) is 31.7 Å². The van der Waals surface area contributed by atoms with E-state index in [0.29, 0.717) is 33.2 Å². The average molecular weight is 453 g/mol. The molecule has 4 heterocycles. The molecule has 5 rings (SSSR count). The van der Waals surface area contributed by atoms with Crippen molar-refractivity contribution in [1.29, 1.82) is 0 Å². The summed E-state index contributed by atoms with van der Waals surface area (Å²) >= 11 is 2.80. The Morgan fingerprint density at radius 2 is 1.84 bits per heavy atom. The minimum absolute atomic E-state index is 0.0666. The second kappa shape index (κ2) is 7.31. The molecule has 5 aromatic rings. The molecular formula is C21H20N6O2S2. The Bertz CT molecular complexity index is 1450. The minimum Gasteiger partial charge on any atom is -0.411 e. The summed E-state index contributed by atoms with van der Waals surface area (Å²) in [6.07, 6.45) is 0. The third-order valence-corrected chi connectivity index (χ3v) is 6.83. The summed E-state index contributed by atoms with van der Waals surface area (Å²) in [5.74, 6) is 2.19. The van der Waals surface area contributed by atoms with Crippen LogP contribution in [0.25, 0.3) is 27.4 Å². The Hall–Kier alpha value is -2.98. The van der Waals surface area contributed by atoms with Gasteiger partial charge in [0.15, 0.2) is 0 Å². The highest BCUT2D eigenvalue weighted by Crippen LogP contribution is 2.29. The summed E-state index contributed by atoms with van der Waals surface area (Å²) in [6.45, 7) is 6.54. The van der Waals surface area contributed by atoms with Crippen molar-refractivity contribution in [3.05, 3.63) is 57.5 Å². The van der Waals surface area contributed by atoms with Crippen molar-refractivity contribution in [3.8, 4) is 11.5 Å². The molecule has 0 amide bonds. The molecule has 31 heavy (non-hydrogen) atoms. The molecule has 0 saturated heterocycles. The molecule has 10 heteroatoms. The fraction of sp³-hybridized carbons (Fsp3) is 0.286. The maximum absolute atomic E-state index is 12.5. The molecule has 0 spiro atoms. The first-order valence-electron chi connectivity index (χ1n) is 9.70. The van der Waals surface area contributed by atoms with Gasteiger partial charge in [-0.2, -0.15) is 0 Å². The SMILES string of the molecule is Cn1c(=O)c2sccc2n2c(CSc3nnc(-c4ccc(C(C)(C)C)cc4)o3)nnc12. The van der Waals surface area contributed by atoms with Gasteiger partial charge in [-0.3, -0.25) is 13.8 Å². The maximum atomic E-state index is 12.5. The van der Waals surface area contributed by atoms with E-state index in [9.17, 15) is 4.79 Å². The van der Waals surface area contributed by atoms with Crippen molar-refractivity contribution in [1.82, 2.24) is 29.4 Å². The van der Waals surface area contributed by atoms with Gasteiger partial charge in [0, 0.05) is 12.6 Å². The number of thioether (sulfide) groups is 1. The van der Waals surface area contributed by atoms with Crippen molar-refractivity contribution in [2.75, 3.05) is 0 Å². The molecule has 0 aliphatic heterocycles. The van der Waals surface area contributed by atoms with E-state index in [-0.39, 0.29) is 11.0 Å². The first kappa shape index (κ1) is 20.0. The lowest BCUT2D eigenvalue weighted by molar-refractivity contribution is 0.465. The lowest BCUT2D eigenvalue weighted by Gasteiger charge is -2.18. The van der Waals surface area contributed by atoms with Gasteiger partial charge in [0.25, 0.3) is 10.8 Å². The van der Waals surface area contributed by atoms with Gasteiger partial charge in [-0.05, 0) is 34.6 Å². The average Bonchev–Trinajstić information content (AvgIpc) is 3.49. The molecule has 1 aromatic carbocycles. The monoisotopic (exact) mass is 452 g/mol. The highest BCUT2D eigenvalue weighted by molar-refractivity contribution is 7.98. The Kier molecular flexibility index (Phi) is 4.71. The van der Waals surface area contributed by atoms with E-state index in [1.165, 1.54) is 33.2 Å². The normalized spacial score (nSPS) is 12.3. The minimum atomic E-state index is -0.0666. The number of aryl methyl sites for hydroxylation is 1. The number of aromatic nitrogens is 6. The molecule has 0 aliphatic rings. The standard InChI is InChI=1S/C21H20N6O2S2/c1-21(2,3)13-7-5-12(6-8-13)17-23-25-20(29-17)31-11-15-22-24-19-26(4)18(28)16-14(27(15)19)9-10-30-16/h5-10H,11H2,1-4H3. The Morgan fingerprint density at radius 1 is 1.06 bits per heavy atom. The molecule has 158 valence electrons. The Labute approximate surface area is 185 Å². The van der Waals surface area contributed by atoms with Crippen LogP contribution >= 0.6 is 23.1 Å². The zero-order valence-electron chi connectivity index (χ0n) is 17.5. The maximum Gasteiger partial charge on any atom is 0.277 e. The first-order valence-corrected chi connectivity index (χ1v) is 11.6. The number of thiophene rings is 1. The van der Waals surface area contributed by atoms with Crippen molar-refractivity contribution >= 4 is 39.1 Å². The molecule has 0 radical (unpaired) electrons.